The smallest absolute Gasteiger partial charge is 0.409 e. The van der Waals surface area contributed by atoms with Gasteiger partial charge >= 0.3 is 6.09 Å². The summed E-state index contributed by atoms with van der Waals surface area (Å²) >= 11 is 0. The molecule has 2 aliphatic rings. The number of hydrogen-bond donors (Lipinski definition) is 2. The summed E-state index contributed by atoms with van der Waals surface area (Å²) in [5.74, 6) is 0.102. The van der Waals surface area contributed by atoms with Crippen LogP contribution in [-0.4, -0.2) is 56.2 Å². The lowest BCUT2D eigenvalue weighted by Crippen LogP contribution is -3.10. The van der Waals surface area contributed by atoms with Crippen molar-refractivity contribution in [3.8, 4) is 0 Å². The number of rotatable bonds is 5. The predicted molar refractivity (Wildman–Crippen MR) is 104 cm³/mol. The first-order chi connectivity index (χ1) is 13.1. The fourth-order valence-corrected chi connectivity index (χ4v) is 4.34. The minimum absolute atomic E-state index is 0.102. The quantitative estimate of drug-likeness (QED) is 0.817. The number of carbonyl (C=O) groups is 2. The number of benzene rings is 1. The van der Waals surface area contributed by atoms with Gasteiger partial charge in [-0.25, -0.2) is 4.79 Å². The van der Waals surface area contributed by atoms with Gasteiger partial charge in [0.15, 0.2) is 6.54 Å². The first-order valence-corrected chi connectivity index (χ1v) is 10.2. The SMILES string of the molecule is CCOC(=O)N1CCC(NC(=O)C[NH+](C)[C@@H]2CCCc3ccccc32)CC1. The van der Waals surface area contributed by atoms with E-state index in [1.807, 2.05) is 6.92 Å². The van der Waals surface area contributed by atoms with Crippen LogP contribution in [-0.2, 0) is 16.0 Å². The summed E-state index contributed by atoms with van der Waals surface area (Å²) in [7, 11) is 2.12. The van der Waals surface area contributed by atoms with Gasteiger partial charge in [0, 0.05) is 31.1 Å². The van der Waals surface area contributed by atoms with Crippen molar-refractivity contribution < 1.29 is 19.2 Å². The van der Waals surface area contributed by atoms with E-state index in [1.54, 1.807) is 4.90 Å². The molecule has 0 radical (unpaired) electrons. The molecule has 6 heteroatoms. The van der Waals surface area contributed by atoms with Crippen LogP contribution in [0, 0.1) is 0 Å². The number of likely N-dealkylation sites (tertiary alicyclic amines) is 1. The van der Waals surface area contributed by atoms with E-state index < -0.39 is 0 Å². The fourth-order valence-electron chi connectivity index (χ4n) is 4.34. The van der Waals surface area contributed by atoms with E-state index in [0.29, 0.717) is 32.3 Å². The van der Waals surface area contributed by atoms with Gasteiger partial charge in [-0.05, 0) is 38.2 Å². The third-order valence-electron chi connectivity index (χ3n) is 5.79. The van der Waals surface area contributed by atoms with E-state index in [1.165, 1.54) is 22.4 Å². The lowest BCUT2D eigenvalue weighted by atomic mass is 9.87. The molecule has 0 spiro atoms. The topological polar surface area (TPSA) is 63.1 Å². The van der Waals surface area contributed by atoms with Crippen molar-refractivity contribution in [2.24, 2.45) is 0 Å². The molecule has 1 saturated heterocycles. The zero-order valence-electron chi connectivity index (χ0n) is 16.5. The first-order valence-electron chi connectivity index (χ1n) is 10.2. The van der Waals surface area contributed by atoms with Gasteiger partial charge in [-0.2, -0.15) is 0 Å². The summed E-state index contributed by atoms with van der Waals surface area (Å²) in [6.45, 7) is 3.98. The zero-order chi connectivity index (χ0) is 19.2. The Labute approximate surface area is 161 Å². The predicted octanol–water partition coefficient (Wildman–Crippen LogP) is 1.32. The number of aryl methyl sites for hydroxylation is 1. The van der Waals surface area contributed by atoms with Gasteiger partial charge in [-0.3, -0.25) is 4.79 Å². The van der Waals surface area contributed by atoms with E-state index in [9.17, 15) is 9.59 Å². The van der Waals surface area contributed by atoms with Crippen molar-refractivity contribution in [2.75, 3.05) is 33.3 Å². The molecule has 0 aromatic heterocycles. The second-order valence-corrected chi connectivity index (χ2v) is 7.69. The number of amides is 2. The van der Waals surface area contributed by atoms with Gasteiger partial charge in [-0.1, -0.05) is 24.3 Å². The summed E-state index contributed by atoms with van der Waals surface area (Å²) in [4.78, 5) is 27.3. The number of carbonyl (C=O) groups excluding carboxylic acids is 2. The Bertz CT molecular complexity index is 656. The molecule has 2 amide bonds. The van der Waals surface area contributed by atoms with E-state index in [-0.39, 0.29) is 18.0 Å². The minimum atomic E-state index is -0.248. The van der Waals surface area contributed by atoms with Crippen LogP contribution >= 0.6 is 0 Å². The van der Waals surface area contributed by atoms with Crippen LogP contribution in [0.1, 0.15) is 49.8 Å². The minimum Gasteiger partial charge on any atom is -0.450 e. The van der Waals surface area contributed by atoms with Crippen LogP contribution < -0.4 is 10.2 Å². The lowest BCUT2D eigenvalue weighted by molar-refractivity contribution is -0.905. The number of likely N-dealkylation sites (N-methyl/N-ethyl adjacent to an activating group) is 1. The number of nitrogens with one attached hydrogen (secondary N) is 2. The Morgan fingerprint density at radius 3 is 2.70 bits per heavy atom. The van der Waals surface area contributed by atoms with E-state index in [4.69, 9.17) is 4.74 Å². The van der Waals surface area contributed by atoms with Gasteiger partial charge in [-0.15, -0.1) is 0 Å². The lowest BCUT2D eigenvalue weighted by Gasteiger charge is -2.33. The number of quaternary nitrogens is 1. The van der Waals surface area contributed by atoms with Crippen LogP contribution in [0.4, 0.5) is 4.79 Å². The van der Waals surface area contributed by atoms with Crippen molar-refractivity contribution >= 4 is 12.0 Å². The number of nitrogens with zero attached hydrogens (tertiary/aromatic N) is 1. The molecule has 3 rings (SSSR count). The molecule has 1 aliphatic carbocycles. The number of ether oxygens (including phenoxy) is 1. The molecule has 2 N–H and O–H groups in total. The molecule has 2 atom stereocenters. The highest BCUT2D eigenvalue weighted by Gasteiger charge is 2.29. The zero-order valence-corrected chi connectivity index (χ0v) is 16.5. The summed E-state index contributed by atoms with van der Waals surface area (Å²) < 4.78 is 5.04. The molecule has 1 aromatic carbocycles. The maximum absolute atomic E-state index is 12.6. The van der Waals surface area contributed by atoms with Crippen molar-refractivity contribution in [1.29, 1.82) is 0 Å². The largest absolute Gasteiger partial charge is 0.450 e. The highest BCUT2D eigenvalue weighted by molar-refractivity contribution is 5.77. The maximum atomic E-state index is 12.6. The van der Waals surface area contributed by atoms with E-state index in [0.717, 1.165) is 25.7 Å². The average Bonchev–Trinajstić information content (AvgIpc) is 2.68. The van der Waals surface area contributed by atoms with Crippen molar-refractivity contribution in [2.45, 2.75) is 51.1 Å². The number of hydrogen-bond acceptors (Lipinski definition) is 3. The first kappa shape index (κ1) is 19.7. The van der Waals surface area contributed by atoms with Crippen LogP contribution in [0.5, 0.6) is 0 Å². The monoisotopic (exact) mass is 374 g/mol. The second-order valence-electron chi connectivity index (χ2n) is 7.69. The number of fused-ring (bicyclic) bond motifs is 1. The Kier molecular flexibility index (Phi) is 6.72. The van der Waals surface area contributed by atoms with Crippen molar-refractivity contribution in [3.63, 3.8) is 0 Å². The molecule has 0 bridgehead atoms. The number of piperidine rings is 1. The Morgan fingerprint density at radius 2 is 1.96 bits per heavy atom. The van der Waals surface area contributed by atoms with E-state index >= 15 is 0 Å². The third kappa shape index (κ3) is 5.01. The molecule has 1 aliphatic heterocycles. The van der Waals surface area contributed by atoms with Gasteiger partial charge in [0.1, 0.15) is 6.04 Å². The molecule has 1 unspecified atom stereocenters. The molecule has 1 heterocycles. The highest BCUT2D eigenvalue weighted by Crippen LogP contribution is 2.27. The summed E-state index contributed by atoms with van der Waals surface area (Å²) in [6, 6.07) is 9.17. The van der Waals surface area contributed by atoms with Gasteiger partial charge in [0.05, 0.1) is 13.7 Å². The van der Waals surface area contributed by atoms with Gasteiger partial charge < -0.3 is 19.9 Å². The third-order valence-corrected chi connectivity index (χ3v) is 5.79. The molecule has 27 heavy (non-hydrogen) atoms. The van der Waals surface area contributed by atoms with Crippen LogP contribution in [0.15, 0.2) is 24.3 Å². The standard InChI is InChI=1S/C21H31N3O3/c1-3-27-21(26)24-13-11-17(12-14-24)22-20(25)15-23(2)19-10-6-8-16-7-4-5-9-18(16)19/h4-5,7,9,17,19H,3,6,8,10-15H2,1-2H3,(H,22,25)/p+1/t19-/m1/s1. The summed E-state index contributed by atoms with van der Waals surface area (Å²) in [5, 5.41) is 3.17. The van der Waals surface area contributed by atoms with Crippen LogP contribution in [0.25, 0.3) is 0 Å². The molecule has 6 nitrogen and oxygen atoms in total. The van der Waals surface area contributed by atoms with Crippen LogP contribution in [0.2, 0.25) is 0 Å². The van der Waals surface area contributed by atoms with Crippen molar-refractivity contribution in [3.05, 3.63) is 35.4 Å². The highest BCUT2D eigenvalue weighted by atomic mass is 16.6. The van der Waals surface area contributed by atoms with Gasteiger partial charge in [0.25, 0.3) is 5.91 Å². The fraction of sp³-hybridized carbons (Fsp3) is 0.619. The molecule has 0 saturated carbocycles. The Hall–Kier alpha value is -2.08. The Balaban J connectivity index is 1.47. The average molecular weight is 375 g/mol. The second kappa shape index (κ2) is 9.22. The summed E-state index contributed by atoms with van der Waals surface area (Å²) in [5.41, 5.74) is 2.83. The molecule has 148 valence electrons. The molecule has 1 aromatic rings. The van der Waals surface area contributed by atoms with Crippen LogP contribution in [0.3, 0.4) is 0 Å². The molecular formula is C21H32N3O3+. The van der Waals surface area contributed by atoms with E-state index in [2.05, 4.69) is 36.6 Å². The summed E-state index contributed by atoms with van der Waals surface area (Å²) in [6.07, 6.45) is 4.79. The normalized spacial score (nSPS) is 21.3. The van der Waals surface area contributed by atoms with Gasteiger partial charge in [0.2, 0.25) is 0 Å². The molecular weight excluding hydrogens is 342 g/mol. The van der Waals surface area contributed by atoms with Crippen molar-refractivity contribution in [1.82, 2.24) is 10.2 Å². The Morgan fingerprint density at radius 1 is 1.22 bits per heavy atom. The molecule has 1 fully saturated rings. The maximum Gasteiger partial charge on any atom is 0.409 e.